The molecule has 0 spiro atoms. The molecule has 1 amide bonds. The number of sulfonamides is 1. The normalized spacial score (nSPS) is 11.8. The molecule has 10 heteroatoms. The molecule has 2 rings (SSSR count). The number of rotatable bonds is 4. The fourth-order valence-corrected chi connectivity index (χ4v) is 2.99. The number of halogens is 3. The standard InChI is InChI=1S/C14H11F3N2O4S/c1-23-9-6-7-11(18-8-9)13(20)19-24(21,22)12-5-3-2-4-10(12)14(15,16)17/h2-8H,1H3,(H,19,20). The molecule has 128 valence electrons. The molecule has 0 bridgehead atoms. The number of hydrogen-bond donors (Lipinski definition) is 1. The number of carbonyl (C=O) groups excluding carboxylic acids is 1. The summed E-state index contributed by atoms with van der Waals surface area (Å²) in [7, 11) is -3.36. The van der Waals surface area contributed by atoms with E-state index in [0.717, 1.165) is 18.2 Å². The SMILES string of the molecule is COc1ccc(C(=O)NS(=O)(=O)c2ccccc2C(F)(F)F)nc1. The Morgan fingerprint density at radius 2 is 1.83 bits per heavy atom. The molecule has 1 heterocycles. The first-order valence-corrected chi connectivity index (χ1v) is 7.87. The third-order valence-electron chi connectivity index (χ3n) is 2.91. The van der Waals surface area contributed by atoms with Crippen LogP contribution in [0.3, 0.4) is 0 Å². The molecule has 0 aliphatic rings. The smallest absolute Gasteiger partial charge is 0.417 e. The van der Waals surface area contributed by atoms with Crippen LogP contribution in [-0.2, 0) is 16.2 Å². The molecule has 0 atom stereocenters. The van der Waals surface area contributed by atoms with Crippen LogP contribution in [0.1, 0.15) is 16.1 Å². The minimum atomic E-state index is -4.88. The zero-order valence-electron chi connectivity index (χ0n) is 12.2. The van der Waals surface area contributed by atoms with Crippen LogP contribution in [0.4, 0.5) is 13.2 Å². The van der Waals surface area contributed by atoms with E-state index in [-0.39, 0.29) is 5.69 Å². The van der Waals surface area contributed by atoms with Crippen molar-refractivity contribution in [1.82, 2.24) is 9.71 Å². The first kappa shape index (κ1) is 17.7. The van der Waals surface area contributed by atoms with Crippen LogP contribution in [0.25, 0.3) is 0 Å². The van der Waals surface area contributed by atoms with Gasteiger partial charge < -0.3 is 4.74 Å². The maximum atomic E-state index is 12.9. The van der Waals surface area contributed by atoms with Crippen LogP contribution in [0.15, 0.2) is 47.5 Å². The van der Waals surface area contributed by atoms with Gasteiger partial charge in [-0.15, -0.1) is 0 Å². The van der Waals surface area contributed by atoms with Crippen LogP contribution < -0.4 is 9.46 Å². The van der Waals surface area contributed by atoms with Gasteiger partial charge in [0.1, 0.15) is 11.4 Å². The van der Waals surface area contributed by atoms with E-state index in [9.17, 15) is 26.4 Å². The number of aromatic nitrogens is 1. The highest BCUT2D eigenvalue weighted by atomic mass is 32.2. The Kier molecular flexibility index (Phi) is 4.78. The van der Waals surface area contributed by atoms with E-state index in [1.807, 2.05) is 0 Å². The largest absolute Gasteiger partial charge is 0.495 e. The summed E-state index contributed by atoms with van der Waals surface area (Å²) in [5.74, 6) is -0.827. The molecule has 2 aromatic rings. The predicted molar refractivity (Wildman–Crippen MR) is 76.9 cm³/mol. The van der Waals surface area contributed by atoms with Crippen LogP contribution in [0.5, 0.6) is 5.75 Å². The number of alkyl halides is 3. The molecule has 24 heavy (non-hydrogen) atoms. The Morgan fingerprint density at radius 3 is 2.38 bits per heavy atom. The maximum absolute atomic E-state index is 12.9. The van der Waals surface area contributed by atoms with Crippen molar-refractivity contribution in [3.63, 3.8) is 0 Å². The molecule has 0 saturated carbocycles. The lowest BCUT2D eigenvalue weighted by Gasteiger charge is -2.13. The quantitative estimate of drug-likeness (QED) is 0.904. The molecular formula is C14H11F3N2O4S. The molecular weight excluding hydrogens is 349 g/mol. The van der Waals surface area contributed by atoms with E-state index in [4.69, 9.17) is 4.74 Å². The summed E-state index contributed by atoms with van der Waals surface area (Å²) in [6.07, 6.45) is -3.71. The van der Waals surface area contributed by atoms with E-state index in [1.165, 1.54) is 25.4 Å². The molecule has 0 aliphatic carbocycles. The van der Waals surface area contributed by atoms with Crippen LogP contribution >= 0.6 is 0 Å². The van der Waals surface area contributed by atoms with Crippen molar-refractivity contribution >= 4 is 15.9 Å². The van der Waals surface area contributed by atoms with Gasteiger partial charge in [0.05, 0.1) is 23.8 Å². The van der Waals surface area contributed by atoms with Crippen molar-refractivity contribution in [2.75, 3.05) is 7.11 Å². The number of carbonyl (C=O) groups is 1. The van der Waals surface area contributed by atoms with Gasteiger partial charge in [0.25, 0.3) is 15.9 Å². The van der Waals surface area contributed by atoms with E-state index < -0.39 is 32.6 Å². The summed E-state index contributed by atoms with van der Waals surface area (Å²) in [6.45, 7) is 0. The van der Waals surface area contributed by atoms with Crippen molar-refractivity contribution in [3.05, 3.63) is 53.9 Å². The molecule has 0 radical (unpaired) electrons. The van der Waals surface area contributed by atoms with Crippen LogP contribution in [-0.4, -0.2) is 26.4 Å². The lowest BCUT2D eigenvalue weighted by Crippen LogP contribution is -2.32. The molecule has 0 fully saturated rings. The number of nitrogens with one attached hydrogen (secondary N) is 1. The lowest BCUT2D eigenvalue weighted by molar-refractivity contribution is -0.139. The highest BCUT2D eigenvalue weighted by Crippen LogP contribution is 2.33. The van der Waals surface area contributed by atoms with Crippen molar-refractivity contribution in [2.24, 2.45) is 0 Å². The van der Waals surface area contributed by atoms with Gasteiger partial charge in [0, 0.05) is 0 Å². The van der Waals surface area contributed by atoms with Crippen molar-refractivity contribution in [2.45, 2.75) is 11.1 Å². The molecule has 0 saturated heterocycles. The number of hydrogen-bond acceptors (Lipinski definition) is 5. The van der Waals surface area contributed by atoms with Gasteiger partial charge in [-0.05, 0) is 24.3 Å². The monoisotopic (exact) mass is 360 g/mol. The van der Waals surface area contributed by atoms with E-state index >= 15 is 0 Å². The highest BCUT2D eigenvalue weighted by Gasteiger charge is 2.37. The second kappa shape index (κ2) is 6.48. The minimum absolute atomic E-state index is 0.288. The van der Waals surface area contributed by atoms with Gasteiger partial charge in [-0.25, -0.2) is 18.1 Å². The van der Waals surface area contributed by atoms with Gasteiger partial charge >= 0.3 is 6.18 Å². The summed E-state index contributed by atoms with van der Waals surface area (Å²) in [5.41, 5.74) is -1.66. The Bertz CT molecular complexity index is 849. The Labute approximate surface area is 135 Å². The van der Waals surface area contributed by atoms with Crippen LogP contribution in [0.2, 0.25) is 0 Å². The van der Waals surface area contributed by atoms with Crippen molar-refractivity contribution < 1.29 is 31.1 Å². The van der Waals surface area contributed by atoms with E-state index in [0.29, 0.717) is 11.8 Å². The zero-order chi connectivity index (χ0) is 18.0. The number of pyridine rings is 1. The van der Waals surface area contributed by atoms with Gasteiger partial charge in [-0.3, -0.25) is 4.79 Å². The Hall–Kier alpha value is -2.62. The predicted octanol–water partition coefficient (Wildman–Crippen LogP) is 2.23. The minimum Gasteiger partial charge on any atom is -0.495 e. The van der Waals surface area contributed by atoms with Crippen molar-refractivity contribution in [1.29, 1.82) is 0 Å². The Morgan fingerprint density at radius 1 is 1.17 bits per heavy atom. The van der Waals surface area contributed by atoms with E-state index in [1.54, 1.807) is 4.72 Å². The van der Waals surface area contributed by atoms with Gasteiger partial charge in [0.2, 0.25) is 0 Å². The van der Waals surface area contributed by atoms with Gasteiger partial charge in [-0.1, -0.05) is 12.1 Å². The second-order valence-electron chi connectivity index (χ2n) is 4.51. The first-order valence-electron chi connectivity index (χ1n) is 6.38. The molecule has 1 N–H and O–H groups in total. The molecule has 0 unspecified atom stereocenters. The zero-order valence-corrected chi connectivity index (χ0v) is 13.0. The lowest BCUT2D eigenvalue weighted by atomic mass is 10.2. The fourth-order valence-electron chi connectivity index (χ4n) is 1.80. The van der Waals surface area contributed by atoms with E-state index in [2.05, 4.69) is 4.98 Å². The van der Waals surface area contributed by atoms with Gasteiger partial charge in [-0.2, -0.15) is 13.2 Å². The number of nitrogens with zero attached hydrogens (tertiary/aromatic N) is 1. The average molecular weight is 360 g/mol. The summed E-state index contributed by atoms with van der Waals surface area (Å²) in [4.78, 5) is 14.6. The highest BCUT2D eigenvalue weighted by molar-refractivity contribution is 7.90. The fraction of sp³-hybridized carbons (Fsp3) is 0.143. The number of benzene rings is 1. The van der Waals surface area contributed by atoms with Crippen molar-refractivity contribution in [3.8, 4) is 5.75 Å². The second-order valence-corrected chi connectivity index (χ2v) is 6.16. The average Bonchev–Trinajstić information content (AvgIpc) is 2.53. The third-order valence-corrected chi connectivity index (χ3v) is 4.30. The summed E-state index contributed by atoms with van der Waals surface area (Å²) in [5, 5.41) is 0. The number of methoxy groups -OCH3 is 1. The van der Waals surface area contributed by atoms with Crippen LogP contribution in [0, 0.1) is 0 Å². The van der Waals surface area contributed by atoms with Gasteiger partial charge in [0.15, 0.2) is 0 Å². The molecule has 0 aliphatic heterocycles. The Balaban J connectivity index is 2.33. The molecule has 1 aromatic carbocycles. The number of amides is 1. The summed E-state index contributed by atoms with van der Waals surface area (Å²) in [6, 6.07) is 6.09. The number of ether oxygens (including phenoxy) is 1. The third kappa shape index (κ3) is 3.82. The molecule has 1 aromatic heterocycles. The maximum Gasteiger partial charge on any atom is 0.417 e. The molecule has 6 nitrogen and oxygen atoms in total. The summed E-state index contributed by atoms with van der Waals surface area (Å²) >= 11 is 0. The topological polar surface area (TPSA) is 85.4 Å². The summed E-state index contributed by atoms with van der Waals surface area (Å²) < 4.78 is 69.4. The first-order chi connectivity index (χ1) is 11.1.